The van der Waals surface area contributed by atoms with Gasteiger partial charge in [-0.05, 0) is 55.2 Å². The van der Waals surface area contributed by atoms with Gasteiger partial charge in [-0.1, -0.05) is 55.3 Å². The van der Waals surface area contributed by atoms with E-state index in [0.29, 0.717) is 5.92 Å². The molecule has 0 radical (unpaired) electrons. The lowest BCUT2D eigenvalue weighted by Crippen LogP contribution is -2.39. The van der Waals surface area contributed by atoms with Crippen LogP contribution in [0.1, 0.15) is 43.6 Å². The second-order valence-electron chi connectivity index (χ2n) is 10.4. The van der Waals surface area contributed by atoms with E-state index in [2.05, 4.69) is 96.7 Å². The van der Waals surface area contributed by atoms with Crippen molar-refractivity contribution >= 4 is 50.0 Å². The summed E-state index contributed by atoms with van der Waals surface area (Å²) in [5.74, 6) is 0.428. The summed E-state index contributed by atoms with van der Waals surface area (Å²) in [6.07, 6.45) is 0. The van der Waals surface area contributed by atoms with Crippen LogP contribution in [-0.2, 0) is 18.5 Å². The molecule has 0 bridgehead atoms. The van der Waals surface area contributed by atoms with Crippen LogP contribution >= 0.6 is 11.6 Å². The molecule has 3 nitrogen and oxygen atoms in total. The van der Waals surface area contributed by atoms with Crippen LogP contribution in [0.3, 0.4) is 0 Å². The lowest BCUT2D eigenvalue weighted by molar-refractivity contribution is 0.276. The number of para-hydroxylation sites is 1. The lowest BCUT2D eigenvalue weighted by Gasteiger charge is -2.43. The van der Waals surface area contributed by atoms with Gasteiger partial charge in [0.2, 0.25) is 0 Å². The molecule has 4 heteroatoms. The van der Waals surface area contributed by atoms with E-state index in [4.69, 9.17) is 11.6 Å². The van der Waals surface area contributed by atoms with Gasteiger partial charge in [0.05, 0.1) is 16.8 Å². The van der Waals surface area contributed by atoms with Crippen LogP contribution in [0.4, 0.5) is 5.69 Å². The van der Waals surface area contributed by atoms with Gasteiger partial charge in [0.1, 0.15) is 0 Å². The molecule has 0 saturated heterocycles. The first-order valence-corrected chi connectivity index (χ1v) is 12.4. The highest BCUT2D eigenvalue weighted by Gasteiger charge is 2.50. The van der Waals surface area contributed by atoms with E-state index in [1.807, 2.05) is 0 Å². The van der Waals surface area contributed by atoms with E-state index in [0.717, 1.165) is 18.1 Å². The summed E-state index contributed by atoms with van der Waals surface area (Å²) in [4.78, 5) is 0. The monoisotopic (exact) mass is 453 g/mol. The molecular formula is C29H28ClN3. The molecule has 0 unspecified atom stereocenters. The van der Waals surface area contributed by atoms with Gasteiger partial charge in [-0.3, -0.25) is 0 Å². The van der Waals surface area contributed by atoms with Crippen LogP contribution in [0.15, 0.2) is 54.6 Å². The Hall–Kier alpha value is -2.91. The van der Waals surface area contributed by atoms with E-state index in [1.54, 1.807) is 0 Å². The molecule has 33 heavy (non-hydrogen) atoms. The largest absolute Gasteiger partial charge is 0.376 e. The van der Waals surface area contributed by atoms with E-state index in [1.165, 1.54) is 55.2 Å². The Morgan fingerprint density at radius 2 is 1.79 bits per heavy atom. The van der Waals surface area contributed by atoms with Crippen LogP contribution in [0.2, 0.25) is 5.02 Å². The maximum atomic E-state index is 7.05. The van der Waals surface area contributed by atoms with E-state index < -0.39 is 0 Å². The number of fused-ring (bicyclic) bond motifs is 10. The quantitative estimate of drug-likeness (QED) is 0.274. The van der Waals surface area contributed by atoms with Crippen molar-refractivity contribution in [3.8, 4) is 0 Å². The summed E-state index contributed by atoms with van der Waals surface area (Å²) in [6.45, 7) is 11.2. The van der Waals surface area contributed by atoms with Crippen molar-refractivity contribution in [2.75, 3.05) is 5.32 Å². The molecule has 2 aliphatic rings. The Bertz CT molecular complexity index is 1620. The molecule has 166 valence electrons. The summed E-state index contributed by atoms with van der Waals surface area (Å²) in [7, 11) is 0. The van der Waals surface area contributed by atoms with Gasteiger partial charge in [-0.15, -0.1) is 0 Å². The van der Waals surface area contributed by atoms with Crippen LogP contribution in [0.25, 0.3) is 32.7 Å². The first-order chi connectivity index (χ1) is 15.9. The van der Waals surface area contributed by atoms with Crippen molar-refractivity contribution < 1.29 is 0 Å². The standard InChI is InChI=1S/C29H28ClN3/c1-5-32-21-9-7-6-8-17(21)24-23(32)13-11-20-25(24)29(3,4)19-15-33-22-12-10-16(2)14-18(22)26(30)28(33)27(19)31-20/h6-14,19,27,31H,5,15H2,1-4H3/t19-,27-/m1/s1. The van der Waals surface area contributed by atoms with E-state index in [9.17, 15) is 0 Å². The number of nitrogens with zero attached hydrogens (tertiary/aromatic N) is 2. The molecule has 2 aromatic heterocycles. The summed E-state index contributed by atoms with van der Waals surface area (Å²) in [5.41, 5.74) is 9.10. The zero-order chi connectivity index (χ0) is 22.6. The molecule has 1 N–H and O–H groups in total. The zero-order valence-corrected chi connectivity index (χ0v) is 20.3. The van der Waals surface area contributed by atoms with Gasteiger partial charge in [0, 0.05) is 57.4 Å². The summed E-state index contributed by atoms with van der Waals surface area (Å²) in [5, 5.41) is 8.81. The predicted molar refractivity (Wildman–Crippen MR) is 140 cm³/mol. The molecular weight excluding hydrogens is 426 g/mol. The second kappa shape index (κ2) is 6.36. The minimum Gasteiger partial charge on any atom is -0.376 e. The molecule has 0 spiro atoms. The van der Waals surface area contributed by atoms with Gasteiger partial charge in [-0.2, -0.15) is 0 Å². The van der Waals surface area contributed by atoms with Crippen molar-refractivity contribution in [2.45, 2.75) is 52.2 Å². The van der Waals surface area contributed by atoms with Crippen LogP contribution in [-0.4, -0.2) is 9.13 Å². The third kappa shape index (κ3) is 2.31. The minimum absolute atomic E-state index is 0.00712. The van der Waals surface area contributed by atoms with Crippen LogP contribution in [0.5, 0.6) is 0 Å². The smallest absolute Gasteiger partial charge is 0.0734 e. The van der Waals surface area contributed by atoms with Gasteiger partial charge in [0.15, 0.2) is 0 Å². The van der Waals surface area contributed by atoms with Gasteiger partial charge < -0.3 is 14.5 Å². The first-order valence-electron chi connectivity index (χ1n) is 12.0. The molecule has 7 rings (SSSR count). The molecule has 0 saturated carbocycles. The molecule has 0 aliphatic carbocycles. The van der Waals surface area contributed by atoms with Crippen LogP contribution in [0, 0.1) is 12.8 Å². The highest BCUT2D eigenvalue weighted by Crippen LogP contribution is 2.57. The number of anilines is 1. The fourth-order valence-corrected chi connectivity index (χ4v) is 7.25. The highest BCUT2D eigenvalue weighted by molar-refractivity contribution is 6.36. The van der Waals surface area contributed by atoms with E-state index in [-0.39, 0.29) is 11.5 Å². The molecule has 2 atom stereocenters. The van der Waals surface area contributed by atoms with Gasteiger partial charge in [0.25, 0.3) is 0 Å². The van der Waals surface area contributed by atoms with Crippen molar-refractivity contribution in [1.82, 2.24) is 9.13 Å². The maximum Gasteiger partial charge on any atom is 0.0734 e. The molecule has 0 fully saturated rings. The number of aromatic nitrogens is 2. The van der Waals surface area contributed by atoms with Gasteiger partial charge in [-0.25, -0.2) is 0 Å². The summed E-state index contributed by atoms with van der Waals surface area (Å²) in [6, 6.07) is 20.3. The predicted octanol–water partition coefficient (Wildman–Crippen LogP) is 7.81. The minimum atomic E-state index is -0.00712. The SMILES string of the molecule is CCn1c2ccccc2c2c3c(ccc21)N[C@H]1c2c(Cl)c4cc(C)ccc4n2C[C@H]1C3(C)C. The first kappa shape index (κ1) is 19.5. The topological polar surface area (TPSA) is 21.9 Å². The third-order valence-corrected chi connectivity index (χ3v) is 8.81. The lowest BCUT2D eigenvalue weighted by atomic mass is 9.66. The fourth-order valence-electron chi connectivity index (χ4n) is 6.88. The second-order valence-corrected chi connectivity index (χ2v) is 10.8. The molecule has 5 aromatic rings. The Morgan fingerprint density at radius 1 is 1.00 bits per heavy atom. The number of hydrogen-bond acceptors (Lipinski definition) is 1. The zero-order valence-electron chi connectivity index (χ0n) is 19.5. The van der Waals surface area contributed by atoms with Crippen molar-refractivity contribution in [3.63, 3.8) is 0 Å². The maximum absolute atomic E-state index is 7.05. The van der Waals surface area contributed by atoms with Gasteiger partial charge >= 0.3 is 0 Å². The highest BCUT2D eigenvalue weighted by atomic mass is 35.5. The Kier molecular flexibility index (Phi) is 3.77. The Balaban J connectivity index is 1.50. The molecule has 4 heterocycles. The number of nitrogens with one attached hydrogen (secondary N) is 1. The molecule has 2 aliphatic heterocycles. The third-order valence-electron chi connectivity index (χ3n) is 8.41. The molecule has 0 amide bonds. The summed E-state index contributed by atoms with van der Waals surface area (Å²) < 4.78 is 4.93. The number of rotatable bonds is 1. The fraction of sp³-hybridized carbons (Fsp3) is 0.310. The number of halogens is 1. The average Bonchev–Trinajstić information content (AvgIpc) is 3.42. The summed E-state index contributed by atoms with van der Waals surface area (Å²) >= 11 is 7.05. The number of hydrogen-bond donors (Lipinski definition) is 1. The van der Waals surface area contributed by atoms with E-state index >= 15 is 0 Å². The Labute approximate surface area is 198 Å². The van der Waals surface area contributed by atoms with Crippen molar-refractivity contribution in [3.05, 3.63) is 76.4 Å². The van der Waals surface area contributed by atoms with Crippen molar-refractivity contribution in [2.24, 2.45) is 5.92 Å². The van der Waals surface area contributed by atoms with Crippen molar-refractivity contribution in [1.29, 1.82) is 0 Å². The molecule has 3 aromatic carbocycles. The number of aryl methyl sites for hydroxylation is 2. The van der Waals surface area contributed by atoms with Crippen LogP contribution < -0.4 is 5.32 Å². The normalized spacial score (nSPS) is 20.8. The average molecular weight is 454 g/mol. The number of benzene rings is 3. The Morgan fingerprint density at radius 3 is 2.61 bits per heavy atom.